The number of ether oxygens (including phenoxy) is 1. The van der Waals surface area contributed by atoms with Crippen LogP contribution in [0.5, 0.6) is 0 Å². The minimum Gasteiger partial charge on any atom is -0.460 e. The van der Waals surface area contributed by atoms with E-state index >= 15 is 0 Å². The number of rotatable bonds is 6. The molecule has 2 aliphatic heterocycles. The van der Waals surface area contributed by atoms with Crippen molar-refractivity contribution >= 4 is 33.4 Å². The number of carbonyl (C=O) groups excluding carboxylic acids is 4. The fourth-order valence-corrected chi connectivity index (χ4v) is 7.43. The van der Waals surface area contributed by atoms with Gasteiger partial charge in [0, 0.05) is 32.0 Å². The number of hydrogen-bond acceptors (Lipinski definition) is 11. The van der Waals surface area contributed by atoms with Crippen LogP contribution in [0, 0.1) is 11.8 Å². The Hall–Kier alpha value is -3.62. The number of carbonyl (C=O) groups is 4. The zero-order valence-electron chi connectivity index (χ0n) is 27.1. The van der Waals surface area contributed by atoms with Crippen molar-refractivity contribution < 1.29 is 41.9 Å². The number of nitrogens with zero attached hydrogens (tertiary/aromatic N) is 2. The molecule has 2 amide bonds. The van der Waals surface area contributed by atoms with Crippen LogP contribution in [0.3, 0.4) is 0 Å². The molecule has 2 bridgehead atoms. The molecule has 0 saturated carbocycles. The molecule has 0 aromatic carbocycles. The van der Waals surface area contributed by atoms with E-state index in [4.69, 9.17) is 9.15 Å². The Morgan fingerprint density at radius 3 is 2.63 bits per heavy atom. The summed E-state index contributed by atoms with van der Waals surface area (Å²) in [7, 11) is -3.85. The quantitative estimate of drug-likeness (QED) is 0.296. The predicted molar refractivity (Wildman–Crippen MR) is 170 cm³/mol. The lowest BCUT2D eigenvalue weighted by atomic mass is 9.94. The molecule has 254 valence electrons. The first kappa shape index (κ1) is 36.8. The summed E-state index contributed by atoms with van der Waals surface area (Å²) in [6, 6.07) is -1.44. The molecular formula is C32H46N4O9S. The standard InChI is InChI=1S/C32H46N4O9S/c1-6-33-13-15-46(42,43)26-11-14-36-29(26)32(41)45-30(20(2)3)22(5)9-10-27(39)34-12-7-8-21(4)16-23(37)17-24(38)18-28-35-25(19-44-28)31(36)40/h7-10,16,19-20,22-23,26,29-30,33,37H,6,11-15,17-18H2,1-5H3,(H,34,39)/b8-7+,10-9+,21-16+/t22-,23-,26-,29-,30-/m1/s1. The number of Topliss-reactive ketones (excluding diaryl/α,β-unsaturated/α-hetero) is 1. The lowest BCUT2D eigenvalue weighted by molar-refractivity contribution is -0.157. The van der Waals surface area contributed by atoms with Gasteiger partial charge in [-0.2, -0.15) is 0 Å². The van der Waals surface area contributed by atoms with Crippen molar-refractivity contribution in [3.63, 3.8) is 0 Å². The van der Waals surface area contributed by atoms with E-state index in [1.54, 1.807) is 32.1 Å². The predicted octanol–water partition coefficient (Wildman–Crippen LogP) is 1.54. The molecule has 5 atom stereocenters. The molecular weight excluding hydrogens is 616 g/mol. The second kappa shape index (κ2) is 16.8. The number of aromatic nitrogens is 1. The fourth-order valence-electron chi connectivity index (χ4n) is 5.59. The molecule has 1 aromatic rings. The molecule has 46 heavy (non-hydrogen) atoms. The van der Waals surface area contributed by atoms with Crippen LogP contribution >= 0.6 is 0 Å². The van der Waals surface area contributed by atoms with Crippen molar-refractivity contribution in [3.05, 3.63) is 53.8 Å². The zero-order valence-corrected chi connectivity index (χ0v) is 27.9. The van der Waals surface area contributed by atoms with Gasteiger partial charge in [-0.3, -0.25) is 14.4 Å². The summed E-state index contributed by atoms with van der Waals surface area (Å²) < 4.78 is 38.3. The smallest absolute Gasteiger partial charge is 0.330 e. The van der Waals surface area contributed by atoms with Gasteiger partial charge in [-0.25, -0.2) is 18.2 Å². The Morgan fingerprint density at radius 2 is 1.93 bits per heavy atom. The molecule has 0 unspecified atom stereocenters. The number of aliphatic hydroxyl groups excluding tert-OH is 1. The van der Waals surface area contributed by atoms with Crippen LogP contribution in [-0.2, 0) is 35.4 Å². The van der Waals surface area contributed by atoms with E-state index in [-0.39, 0.29) is 73.8 Å². The number of oxazole rings is 1. The molecule has 3 heterocycles. The van der Waals surface area contributed by atoms with Crippen LogP contribution < -0.4 is 10.6 Å². The van der Waals surface area contributed by atoms with Gasteiger partial charge >= 0.3 is 5.97 Å². The third-order valence-corrected chi connectivity index (χ3v) is 10.1. The molecule has 3 N–H and O–H groups in total. The number of aliphatic hydroxyl groups is 1. The van der Waals surface area contributed by atoms with Gasteiger partial charge in [0.05, 0.1) is 23.5 Å². The fraction of sp³-hybridized carbons (Fsp3) is 0.594. The summed E-state index contributed by atoms with van der Waals surface area (Å²) in [6.07, 6.45) is 6.64. The summed E-state index contributed by atoms with van der Waals surface area (Å²) in [4.78, 5) is 57.9. The second-order valence-electron chi connectivity index (χ2n) is 12.0. The first-order chi connectivity index (χ1) is 21.7. The topological polar surface area (TPSA) is 185 Å². The molecule has 1 saturated heterocycles. The van der Waals surface area contributed by atoms with Gasteiger partial charge in [0.15, 0.2) is 15.5 Å². The molecule has 1 aromatic heterocycles. The van der Waals surface area contributed by atoms with Crippen LogP contribution in [0.15, 0.2) is 46.6 Å². The largest absolute Gasteiger partial charge is 0.460 e. The maximum atomic E-state index is 13.9. The maximum absolute atomic E-state index is 13.9. The third-order valence-electron chi connectivity index (χ3n) is 7.88. The SMILES string of the molecule is CCNCCS(=O)(=O)[C@@H]1CCN2C(=O)c3coc(n3)CC(=O)C[C@H](O)/C=C(C)/C=C/CNC(=O)/C=C/[C@@H](C)[C@@H](C(C)C)OC(=O)[C@@H]12. The number of cyclic esters (lactones) is 1. The Balaban J connectivity index is 1.99. The molecule has 2 aliphatic rings. The summed E-state index contributed by atoms with van der Waals surface area (Å²) in [5.41, 5.74) is 0.499. The van der Waals surface area contributed by atoms with E-state index in [1.807, 2.05) is 20.8 Å². The van der Waals surface area contributed by atoms with E-state index in [0.717, 1.165) is 11.2 Å². The number of hydrogen-bond donors (Lipinski definition) is 3. The van der Waals surface area contributed by atoms with Crippen molar-refractivity contribution in [2.75, 3.05) is 31.9 Å². The van der Waals surface area contributed by atoms with Gasteiger partial charge in [0.25, 0.3) is 5.91 Å². The number of ketones is 1. The minimum atomic E-state index is -3.85. The highest BCUT2D eigenvalue weighted by Crippen LogP contribution is 2.30. The van der Waals surface area contributed by atoms with Gasteiger partial charge in [-0.05, 0) is 31.9 Å². The van der Waals surface area contributed by atoms with Crippen molar-refractivity contribution in [1.82, 2.24) is 20.5 Å². The third kappa shape index (κ3) is 10.2. The monoisotopic (exact) mass is 662 g/mol. The summed E-state index contributed by atoms with van der Waals surface area (Å²) in [5.74, 6) is -3.28. The molecule has 0 aliphatic carbocycles. The number of fused-ring (bicyclic) bond motifs is 3. The highest BCUT2D eigenvalue weighted by molar-refractivity contribution is 7.92. The van der Waals surface area contributed by atoms with Gasteiger partial charge in [0.1, 0.15) is 24.2 Å². The van der Waals surface area contributed by atoms with E-state index in [9.17, 15) is 32.7 Å². The number of sulfone groups is 1. The van der Waals surface area contributed by atoms with E-state index in [1.165, 1.54) is 12.2 Å². The van der Waals surface area contributed by atoms with Gasteiger partial charge in [-0.15, -0.1) is 0 Å². The van der Waals surface area contributed by atoms with Crippen molar-refractivity contribution in [2.45, 2.75) is 77.4 Å². The summed E-state index contributed by atoms with van der Waals surface area (Å²) in [5, 5.41) is 14.9. The average Bonchev–Trinajstić information content (AvgIpc) is 3.64. The maximum Gasteiger partial charge on any atom is 0.330 e. The molecule has 14 heteroatoms. The van der Waals surface area contributed by atoms with E-state index < -0.39 is 51.1 Å². The summed E-state index contributed by atoms with van der Waals surface area (Å²) >= 11 is 0. The molecule has 13 nitrogen and oxygen atoms in total. The van der Waals surface area contributed by atoms with Crippen molar-refractivity contribution in [1.29, 1.82) is 0 Å². The Morgan fingerprint density at radius 1 is 1.20 bits per heavy atom. The van der Waals surface area contributed by atoms with E-state index in [2.05, 4.69) is 15.6 Å². The molecule has 1 fully saturated rings. The number of amides is 2. The Kier molecular flexibility index (Phi) is 13.5. The Labute approximate surface area is 270 Å². The normalized spacial score (nSPS) is 28.6. The highest BCUT2D eigenvalue weighted by Gasteiger charge is 2.50. The van der Waals surface area contributed by atoms with Gasteiger partial charge in [0.2, 0.25) is 11.8 Å². The van der Waals surface area contributed by atoms with Crippen LogP contribution in [-0.4, -0.2) is 102 Å². The van der Waals surface area contributed by atoms with Crippen molar-refractivity contribution in [2.24, 2.45) is 11.8 Å². The highest BCUT2D eigenvalue weighted by atomic mass is 32.2. The number of allylic oxidation sites excluding steroid dienone is 2. The summed E-state index contributed by atoms with van der Waals surface area (Å²) in [6.45, 7) is 9.98. The van der Waals surface area contributed by atoms with Crippen LogP contribution in [0.1, 0.15) is 63.8 Å². The first-order valence-electron chi connectivity index (χ1n) is 15.6. The first-order valence-corrected chi connectivity index (χ1v) is 17.3. The average molecular weight is 663 g/mol. The number of nitrogens with one attached hydrogen (secondary N) is 2. The molecule has 0 spiro atoms. The molecule has 3 rings (SSSR count). The van der Waals surface area contributed by atoms with E-state index in [0.29, 0.717) is 12.1 Å². The van der Waals surface area contributed by atoms with Crippen LogP contribution in [0.4, 0.5) is 0 Å². The van der Waals surface area contributed by atoms with Crippen molar-refractivity contribution in [3.8, 4) is 0 Å². The second-order valence-corrected chi connectivity index (χ2v) is 14.4. The number of esters is 1. The van der Waals surface area contributed by atoms with Crippen LogP contribution in [0.25, 0.3) is 0 Å². The lowest BCUT2D eigenvalue weighted by Gasteiger charge is -2.31. The van der Waals surface area contributed by atoms with Gasteiger partial charge in [-0.1, -0.05) is 57.6 Å². The Bertz CT molecular complexity index is 1450. The molecule has 0 radical (unpaired) electrons. The lowest BCUT2D eigenvalue weighted by Crippen LogP contribution is -2.50. The van der Waals surface area contributed by atoms with Crippen LogP contribution in [0.2, 0.25) is 0 Å². The minimum absolute atomic E-state index is 0.0183. The zero-order chi connectivity index (χ0) is 34.0. The van der Waals surface area contributed by atoms with Gasteiger partial charge < -0.3 is 29.8 Å².